The van der Waals surface area contributed by atoms with E-state index in [2.05, 4.69) is 65.1 Å². The molecule has 0 amide bonds. The minimum absolute atomic E-state index is 0. The van der Waals surface area contributed by atoms with Crippen LogP contribution < -0.4 is 10.1 Å². The highest BCUT2D eigenvalue weighted by Crippen LogP contribution is 2.36. The van der Waals surface area contributed by atoms with Crippen LogP contribution in [0.1, 0.15) is 45.2 Å². The molecule has 0 aromatic heterocycles. The third kappa shape index (κ3) is 7.09. The Morgan fingerprint density at radius 1 is 1.17 bits per heavy atom. The van der Waals surface area contributed by atoms with Crippen molar-refractivity contribution in [2.45, 2.75) is 39.7 Å². The van der Waals surface area contributed by atoms with Gasteiger partial charge in [-0.25, -0.2) is 0 Å². The van der Waals surface area contributed by atoms with Gasteiger partial charge < -0.3 is 10.1 Å². The molecule has 1 atom stereocenters. The highest BCUT2D eigenvalue weighted by atomic mass is 79.9. The summed E-state index contributed by atoms with van der Waals surface area (Å²) in [5.41, 5.74) is 1.33. The van der Waals surface area contributed by atoms with E-state index in [1.807, 2.05) is 0 Å². The molecule has 2 rings (SSSR count). The molecule has 1 aliphatic rings. The molecule has 1 fully saturated rings. The maximum Gasteiger partial charge on any atom is 0.124 e. The number of hydrogen-bond donors (Lipinski definition) is 1. The number of benzene rings is 1. The predicted molar refractivity (Wildman–Crippen MR) is 111 cm³/mol. The van der Waals surface area contributed by atoms with E-state index in [9.17, 15) is 0 Å². The molecule has 24 heavy (non-hydrogen) atoms. The van der Waals surface area contributed by atoms with Gasteiger partial charge in [-0.3, -0.25) is 4.90 Å². The smallest absolute Gasteiger partial charge is 0.124 e. The summed E-state index contributed by atoms with van der Waals surface area (Å²) in [6, 6.07) is 6.88. The molecule has 6 heteroatoms. The summed E-state index contributed by atoms with van der Waals surface area (Å²) in [7, 11) is 0. The Bertz CT molecular complexity index is 468. The van der Waals surface area contributed by atoms with E-state index in [0.29, 0.717) is 12.6 Å². The van der Waals surface area contributed by atoms with Gasteiger partial charge in [0.25, 0.3) is 0 Å². The number of nitrogens with zero attached hydrogens (tertiary/aromatic N) is 1. The Balaban J connectivity index is 0.00000264. The normalized spacial score (nSPS) is 16.2. The lowest BCUT2D eigenvalue weighted by atomic mass is 9.95. The second-order valence-corrected chi connectivity index (χ2v) is 7.30. The molecule has 3 nitrogen and oxygen atoms in total. The van der Waals surface area contributed by atoms with E-state index in [0.717, 1.165) is 42.3 Å². The molecule has 0 unspecified atom stereocenters. The van der Waals surface area contributed by atoms with Crippen molar-refractivity contribution in [3.05, 3.63) is 28.2 Å². The van der Waals surface area contributed by atoms with Gasteiger partial charge in [-0.2, -0.15) is 0 Å². The third-order valence-electron chi connectivity index (χ3n) is 4.24. The van der Waals surface area contributed by atoms with Crippen molar-refractivity contribution in [3.63, 3.8) is 0 Å². The summed E-state index contributed by atoms with van der Waals surface area (Å²) >= 11 is 3.63. The van der Waals surface area contributed by atoms with Crippen LogP contribution in [0.5, 0.6) is 5.75 Å². The molecule has 0 bridgehead atoms. The first-order valence-corrected chi connectivity index (χ1v) is 9.28. The summed E-state index contributed by atoms with van der Waals surface area (Å²) in [5.74, 6) is 1.77. The van der Waals surface area contributed by atoms with E-state index >= 15 is 0 Å². The van der Waals surface area contributed by atoms with Crippen molar-refractivity contribution >= 4 is 40.7 Å². The summed E-state index contributed by atoms with van der Waals surface area (Å²) in [4.78, 5) is 2.61. The van der Waals surface area contributed by atoms with Gasteiger partial charge in [0, 0.05) is 42.3 Å². The average molecular weight is 442 g/mol. The molecule has 0 saturated carbocycles. The standard InChI is InChI=1S/C18H29BrN2O.2ClH/c1-4-22-18-8-6-15(19)13-16(18)17(7-5-14(2)3)21-11-9-20-10-12-21;;/h6,8,13-14,17,20H,4-5,7,9-12H2,1-3H3;2*1H/t17-;;/m0../s1. The van der Waals surface area contributed by atoms with Crippen LogP contribution in [0.3, 0.4) is 0 Å². The van der Waals surface area contributed by atoms with Crippen LogP contribution in [-0.4, -0.2) is 37.7 Å². The van der Waals surface area contributed by atoms with Crippen LogP contribution in [0, 0.1) is 5.92 Å². The monoisotopic (exact) mass is 440 g/mol. The fourth-order valence-corrected chi connectivity index (χ4v) is 3.47. The van der Waals surface area contributed by atoms with Crippen molar-refractivity contribution in [1.29, 1.82) is 0 Å². The molecule has 1 aromatic carbocycles. The number of piperazine rings is 1. The average Bonchev–Trinajstić information content (AvgIpc) is 2.51. The summed E-state index contributed by atoms with van der Waals surface area (Å²) in [5, 5.41) is 3.45. The third-order valence-corrected chi connectivity index (χ3v) is 4.73. The van der Waals surface area contributed by atoms with Gasteiger partial charge in [0.1, 0.15) is 5.75 Å². The topological polar surface area (TPSA) is 24.5 Å². The van der Waals surface area contributed by atoms with Gasteiger partial charge in [-0.05, 0) is 43.9 Å². The van der Waals surface area contributed by atoms with Crippen molar-refractivity contribution < 1.29 is 4.74 Å². The molecule has 0 aliphatic carbocycles. The van der Waals surface area contributed by atoms with Crippen molar-refractivity contribution in [3.8, 4) is 5.75 Å². The van der Waals surface area contributed by atoms with Crippen LogP contribution in [-0.2, 0) is 0 Å². The first-order valence-electron chi connectivity index (χ1n) is 8.48. The molecule has 1 heterocycles. The fourth-order valence-electron chi connectivity index (χ4n) is 3.09. The van der Waals surface area contributed by atoms with Crippen molar-refractivity contribution in [2.75, 3.05) is 32.8 Å². The van der Waals surface area contributed by atoms with Gasteiger partial charge in [0.15, 0.2) is 0 Å². The van der Waals surface area contributed by atoms with Crippen LogP contribution >= 0.6 is 40.7 Å². The highest BCUT2D eigenvalue weighted by molar-refractivity contribution is 9.10. The number of halogens is 3. The Morgan fingerprint density at radius 2 is 1.83 bits per heavy atom. The number of ether oxygens (including phenoxy) is 1. The predicted octanol–water partition coefficient (Wildman–Crippen LogP) is 5.07. The molecule has 1 aromatic rings. The molecule has 1 aliphatic heterocycles. The molecule has 0 spiro atoms. The Labute approximate surface area is 167 Å². The maximum atomic E-state index is 5.91. The molecular formula is C18H31BrCl2N2O. The Hall–Kier alpha value is -0.000000000000000222. The van der Waals surface area contributed by atoms with Gasteiger partial charge in [0.05, 0.1) is 6.61 Å². The number of nitrogens with one attached hydrogen (secondary N) is 1. The van der Waals surface area contributed by atoms with Crippen LogP contribution in [0.25, 0.3) is 0 Å². The van der Waals surface area contributed by atoms with Crippen molar-refractivity contribution in [1.82, 2.24) is 10.2 Å². The van der Waals surface area contributed by atoms with Crippen molar-refractivity contribution in [2.24, 2.45) is 5.92 Å². The first-order chi connectivity index (χ1) is 10.6. The van der Waals surface area contributed by atoms with E-state index in [1.165, 1.54) is 18.4 Å². The van der Waals surface area contributed by atoms with E-state index in [1.54, 1.807) is 0 Å². The SMILES string of the molecule is CCOc1ccc(Br)cc1[C@H](CCC(C)C)N1CCNCC1.Cl.Cl. The van der Waals surface area contributed by atoms with Gasteiger partial charge in [-0.1, -0.05) is 29.8 Å². The van der Waals surface area contributed by atoms with E-state index in [4.69, 9.17) is 4.74 Å². The van der Waals surface area contributed by atoms with Crippen LogP contribution in [0.2, 0.25) is 0 Å². The Kier molecular flexibility index (Phi) is 12.4. The summed E-state index contributed by atoms with van der Waals surface area (Å²) < 4.78 is 7.04. The second kappa shape index (κ2) is 12.4. The molecule has 1 saturated heterocycles. The Morgan fingerprint density at radius 3 is 2.42 bits per heavy atom. The minimum Gasteiger partial charge on any atom is -0.494 e. The largest absolute Gasteiger partial charge is 0.494 e. The molecule has 0 radical (unpaired) electrons. The lowest BCUT2D eigenvalue weighted by Gasteiger charge is -2.36. The molecule has 140 valence electrons. The number of hydrogen-bond acceptors (Lipinski definition) is 3. The van der Waals surface area contributed by atoms with E-state index in [-0.39, 0.29) is 24.8 Å². The zero-order chi connectivity index (χ0) is 15.9. The molecular weight excluding hydrogens is 411 g/mol. The van der Waals surface area contributed by atoms with Crippen LogP contribution in [0.15, 0.2) is 22.7 Å². The minimum atomic E-state index is 0. The lowest BCUT2D eigenvalue weighted by Crippen LogP contribution is -2.45. The van der Waals surface area contributed by atoms with Gasteiger partial charge >= 0.3 is 0 Å². The summed E-state index contributed by atoms with van der Waals surface area (Å²) in [6.07, 6.45) is 2.43. The van der Waals surface area contributed by atoms with Crippen LogP contribution in [0.4, 0.5) is 0 Å². The first kappa shape index (κ1) is 24.0. The zero-order valence-corrected chi connectivity index (χ0v) is 18.1. The number of rotatable bonds is 7. The fraction of sp³-hybridized carbons (Fsp3) is 0.667. The quantitative estimate of drug-likeness (QED) is 0.638. The maximum absolute atomic E-state index is 5.91. The lowest BCUT2D eigenvalue weighted by molar-refractivity contribution is 0.156. The van der Waals surface area contributed by atoms with E-state index < -0.39 is 0 Å². The highest BCUT2D eigenvalue weighted by Gasteiger charge is 2.25. The zero-order valence-electron chi connectivity index (χ0n) is 14.9. The van der Waals surface area contributed by atoms with Gasteiger partial charge in [-0.15, -0.1) is 24.8 Å². The summed E-state index contributed by atoms with van der Waals surface area (Å²) in [6.45, 7) is 11.8. The van der Waals surface area contributed by atoms with Gasteiger partial charge in [0.2, 0.25) is 0 Å². The second-order valence-electron chi connectivity index (χ2n) is 6.39. The molecule has 1 N–H and O–H groups in total.